The van der Waals surface area contributed by atoms with Crippen LogP contribution in [0.4, 0.5) is 11.8 Å². The maximum Gasteiger partial charge on any atom is 0.239 e. The van der Waals surface area contributed by atoms with Crippen LogP contribution in [0.3, 0.4) is 0 Å². The zero-order valence-electron chi connectivity index (χ0n) is 9.20. The fourth-order valence-corrected chi connectivity index (χ4v) is 2.74. The van der Waals surface area contributed by atoms with Crippen LogP contribution in [0.1, 0.15) is 10.6 Å². The number of anilines is 2. The lowest BCUT2D eigenvalue weighted by Gasteiger charge is -2.06. The fourth-order valence-electron chi connectivity index (χ4n) is 1.35. The Morgan fingerprint density at radius 2 is 2.24 bits per heavy atom. The average molecular weight is 314 g/mol. The topological polar surface area (TPSA) is 75.9 Å². The summed E-state index contributed by atoms with van der Waals surface area (Å²) in [5.41, 5.74) is 3.31. The summed E-state index contributed by atoms with van der Waals surface area (Å²) in [4.78, 5) is 9.56. The molecule has 2 heterocycles. The van der Waals surface area contributed by atoms with Crippen molar-refractivity contribution in [1.82, 2.24) is 9.97 Å². The van der Waals surface area contributed by atoms with Crippen molar-refractivity contribution in [2.24, 2.45) is 5.84 Å². The normalized spacial score (nSPS) is 10.3. The van der Waals surface area contributed by atoms with Crippen LogP contribution in [-0.2, 0) is 6.54 Å². The molecule has 5 nitrogen and oxygen atoms in total. The predicted octanol–water partition coefficient (Wildman–Crippen LogP) is 2.51. The van der Waals surface area contributed by atoms with Gasteiger partial charge in [-0.1, -0.05) is 0 Å². The summed E-state index contributed by atoms with van der Waals surface area (Å²) in [5, 5.41) is 5.28. The Balaban J connectivity index is 2.05. The van der Waals surface area contributed by atoms with Crippen molar-refractivity contribution in [2.45, 2.75) is 13.5 Å². The smallest absolute Gasteiger partial charge is 0.239 e. The Morgan fingerprint density at radius 1 is 1.41 bits per heavy atom. The molecule has 0 radical (unpaired) electrons. The predicted molar refractivity (Wildman–Crippen MR) is 73.9 cm³/mol. The molecule has 0 aliphatic rings. The molecular weight excluding hydrogens is 302 g/mol. The lowest BCUT2D eigenvalue weighted by atomic mass is 10.4. The van der Waals surface area contributed by atoms with E-state index in [1.807, 2.05) is 13.0 Å². The molecule has 4 N–H and O–H groups in total. The monoisotopic (exact) mass is 313 g/mol. The number of hydrazine groups is 1. The van der Waals surface area contributed by atoms with Gasteiger partial charge in [-0.15, -0.1) is 11.3 Å². The molecular formula is C10H12BrN5S. The standard InChI is InChI=1S/C10H12BrN5S/c1-6-2-9(15-10(14-6)16-12)13-4-8-3-7(11)5-17-8/h2-3,5H,4,12H2,1H3,(H2,13,14,15,16). The number of aromatic nitrogens is 2. The minimum Gasteiger partial charge on any atom is -0.365 e. The summed E-state index contributed by atoms with van der Waals surface area (Å²) in [6, 6.07) is 3.96. The third-order valence-electron chi connectivity index (χ3n) is 2.05. The molecule has 0 amide bonds. The van der Waals surface area contributed by atoms with E-state index in [4.69, 9.17) is 5.84 Å². The molecule has 0 aliphatic heterocycles. The maximum absolute atomic E-state index is 5.29. The summed E-state index contributed by atoms with van der Waals surface area (Å²) >= 11 is 5.11. The zero-order valence-corrected chi connectivity index (χ0v) is 11.6. The van der Waals surface area contributed by atoms with Crippen molar-refractivity contribution < 1.29 is 0 Å². The van der Waals surface area contributed by atoms with Crippen LogP contribution < -0.4 is 16.6 Å². The number of nitrogens with one attached hydrogen (secondary N) is 2. The van der Waals surface area contributed by atoms with Gasteiger partial charge >= 0.3 is 0 Å². The van der Waals surface area contributed by atoms with Gasteiger partial charge in [-0.25, -0.2) is 10.8 Å². The minimum absolute atomic E-state index is 0.417. The van der Waals surface area contributed by atoms with Crippen molar-refractivity contribution in [1.29, 1.82) is 0 Å². The Morgan fingerprint density at radius 3 is 2.88 bits per heavy atom. The molecule has 0 bridgehead atoms. The molecule has 2 rings (SSSR count). The summed E-state index contributed by atoms with van der Waals surface area (Å²) in [5.74, 6) is 6.47. The van der Waals surface area contributed by atoms with Gasteiger partial charge in [-0.3, -0.25) is 5.43 Å². The average Bonchev–Trinajstić information content (AvgIpc) is 2.72. The Labute approximate surface area is 112 Å². The maximum atomic E-state index is 5.29. The van der Waals surface area contributed by atoms with Gasteiger partial charge in [-0.2, -0.15) is 4.98 Å². The summed E-state index contributed by atoms with van der Waals surface area (Å²) in [6.45, 7) is 2.63. The van der Waals surface area contributed by atoms with E-state index in [1.54, 1.807) is 11.3 Å². The number of nitrogen functional groups attached to an aromatic ring is 1. The third-order valence-corrected chi connectivity index (χ3v) is 3.75. The minimum atomic E-state index is 0.417. The first-order chi connectivity index (χ1) is 8.17. The Bertz CT molecular complexity index is 513. The Hall–Kier alpha value is -1.18. The van der Waals surface area contributed by atoms with E-state index in [0.717, 1.165) is 22.5 Å². The highest BCUT2D eigenvalue weighted by molar-refractivity contribution is 9.10. The van der Waals surface area contributed by atoms with Gasteiger partial charge in [0.2, 0.25) is 5.95 Å². The molecule has 0 saturated carbocycles. The lowest BCUT2D eigenvalue weighted by molar-refractivity contribution is 1.05. The largest absolute Gasteiger partial charge is 0.365 e. The van der Waals surface area contributed by atoms with Gasteiger partial charge in [-0.05, 0) is 28.9 Å². The lowest BCUT2D eigenvalue weighted by Crippen LogP contribution is -2.12. The molecule has 90 valence electrons. The van der Waals surface area contributed by atoms with E-state index in [-0.39, 0.29) is 0 Å². The van der Waals surface area contributed by atoms with Gasteiger partial charge in [0, 0.05) is 26.5 Å². The molecule has 0 spiro atoms. The molecule has 2 aromatic rings. The number of nitrogens with zero attached hydrogens (tertiary/aromatic N) is 2. The van der Waals surface area contributed by atoms with Crippen LogP contribution in [0.15, 0.2) is 22.0 Å². The van der Waals surface area contributed by atoms with Gasteiger partial charge in [0.25, 0.3) is 0 Å². The second kappa shape index (κ2) is 5.44. The second-order valence-corrected chi connectivity index (χ2v) is 5.36. The van der Waals surface area contributed by atoms with Crippen molar-refractivity contribution in [2.75, 3.05) is 10.7 Å². The van der Waals surface area contributed by atoms with Crippen LogP contribution in [0.2, 0.25) is 0 Å². The Kier molecular flexibility index (Phi) is 3.93. The van der Waals surface area contributed by atoms with Crippen LogP contribution in [0, 0.1) is 6.92 Å². The first kappa shape index (κ1) is 12.3. The molecule has 0 fully saturated rings. The molecule has 2 aromatic heterocycles. The summed E-state index contributed by atoms with van der Waals surface area (Å²) < 4.78 is 1.10. The molecule has 7 heteroatoms. The number of rotatable bonds is 4. The fraction of sp³-hybridized carbons (Fsp3) is 0.200. The van der Waals surface area contributed by atoms with Gasteiger partial charge in [0.15, 0.2) is 0 Å². The number of nitrogens with two attached hydrogens (primary N) is 1. The highest BCUT2D eigenvalue weighted by Gasteiger charge is 2.02. The molecule has 0 aliphatic carbocycles. The number of thiophene rings is 1. The molecule has 0 unspecified atom stereocenters. The highest BCUT2D eigenvalue weighted by Crippen LogP contribution is 2.20. The number of aryl methyl sites for hydroxylation is 1. The van der Waals surface area contributed by atoms with Crippen LogP contribution in [0.25, 0.3) is 0 Å². The zero-order chi connectivity index (χ0) is 12.3. The SMILES string of the molecule is Cc1cc(NCc2cc(Br)cs2)nc(NN)n1. The molecule has 17 heavy (non-hydrogen) atoms. The highest BCUT2D eigenvalue weighted by atomic mass is 79.9. The second-order valence-electron chi connectivity index (χ2n) is 3.45. The van der Waals surface area contributed by atoms with E-state index in [2.05, 4.69) is 48.1 Å². The third kappa shape index (κ3) is 3.39. The van der Waals surface area contributed by atoms with Crippen molar-refractivity contribution in [3.8, 4) is 0 Å². The first-order valence-electron chi connectivity index (χ1n) is 4.96. The summed E-state index contributed by atoms with van der Waals surface area (Å²) in [6.07, 6.45) is 0. The molecule has 0 atom stereocenters. The van der Waals surface area contributed by atoms with Crippen LogP contribution in [-0.4, -0.2) is 9.97 Å². The van der Waals surface area contributed by atoms with E-state index in [9.17, 15) is 0 Å². The van der Waals surface area contributed by atoms with E-state index < -0.39 is 0 Å². The van der Waals surface area contributed by atoms with Gasteiger partial charge in [0.05, 0.1) is 6.54 Å². The van der Waals surface area contributed by atoms with E-state index in [0.29, 0.717) is 5.95 Å². The van der Waals surface area contributed by atoms with E-state index in [1.165, 1.54) is 4.88 Å². The van der Waals surface area contributed by atoms with Crippen molar-refractivity contribution >= 4 is 39.0 Å². The van der Waals surface area contributed by atoms with Crippen LogP contribution >= 0.6 is 27.3 Å². The number of hydrogen-bond acceptors (Lipinski definition) is 6. The number of halogens is 1. The number of hydrogen-bond donors (Lipinski definition) is 3. The van der Waals surface area contributed by atoms with Crippen molar-refractivity contribution in [3.63, 3.8) is 0 Å². The van der Waals surface area contributed by atoms with E-state index >= 15 is 0 Å². The van der Waals surface area contributed by atoms with Crippen LogP contribution in [0.5, 0.6) is 0 Å². The van der Waals surface area contributed by atoms with Gasteiger partial charge in [0.1, 0.15) is 5.82 Å². The first-order valence-corrected chi connectivity index (χ1v) is 6.64. The molecule has 0 saturated heterocycles. The summed E-state index contributed by atoms with van der Waals surface area (Å²) in [7, 11) is 0. The van der Waals surface area contributed by atoms with Gasteiger partial charge < -0.3 is 5.32 Å². The molecule has 0 aromatic carbocycles. The van der Waals surface area contributed by atoms with Crippen molar-refractivity contribution in [3.05, 3.63) is 32.6 Å². The quantitative estimate of drug-likeness (QED) is 0.597.